The molecule has 10 N–H and O–H groups in total. The second kappa shape index (κ2) is 21.0. The van der Waals surface area contributed by atoms with Gasteiger partial charge in [-0.1, -0.05) is 18.2 Å². The molecule has 3 aliphatic rings. The lowest BCUT2D eigenvalue weighted by Crippen LogP contribution is -2.60. The van der Waals surface area contributed by atoms with Gasteiger partial charge in [-0.25, -0.2) is 9.59 Å². The molecule has 0 aromatic heterocycles. The number of ether oxygens (including phenoxy) is 8. The zero-order chi connectivity index (χ0) is 44.5. The van der Waals surface area contributed by atoms with Crippen LogP contribution in [0.5, 0.6) is 23.0 Å². The second-order valence-corrected chi connectivity index (χ2v) is 14.0. The third-order valence-corrected chi connectivity index (χ3v) is 10.0. The molecule has 21 nitrogen and oxygen atoms in total. The van der Waals surface area contributed by atoms with Crippen molar-refractivity contribution in [2.45, 2.75) is 87.5 Å². The number of carbonyl (C=O) groups is 3. The quantitative estimate of drug-likeness (QED) is 0.0333. The van der Waals surface area contributed by atoms with Crippen LogP contribution in [0, 0.1) is 5.92 Å². The summed E-state index contributed by atoms with van der Waals surface area (Å²) in [6.07, 6.45) is -14.1. The number of hydrogen-bond acceptors (Lipinski definition) is 21. The van der Waals surface area contributed by atoms with Crippen LogP contribution in [-0.4, -0.2) is 164 Å². The van der Waals surface area contributed by atoms with Gasteiger partial charge in [-0.05, 0) is 54.8 Å². The van der Waals surface area contributed by atoms with Gasteiger partial charge in [0.2, 0.25) is 6.29 Å². The van der Waals surface area contributed by atoms with E-state index in [4.69, 9.17) is 37.9 Å². The van der Waals surface area contributed by atoms with E-state index in [-0.39, 0.29) is 41.2 Å². The molecule has 0 saturated carbocycles. The Kier molecular flexibility index (Phi) is 16.1. The summed E-state index contributed by atoms with van der Waals surface area (Å²) in [5.41, 5.74) is 0.773. The summed E-state index contributed by atoms with van der Waals surface area (Å²) in [5.74, 6) is -5.69. The van der Waals surface area contributed by atoms with E-state index in [1.165, 1.54) is 49.4 Å². The van der Waals surface area contributed by atoms with Gasteiger partial charge in [0.25, 0.3) is 0 Å². The molecule has 334 valence electrons. The summed E-state index contributed by atoms with van der Waals surface area (Å²) in [7, 11) is 1.09. The van der Waals surface area contributed by atoms with Crippen LogP contribution < -0.4 is 0 Å². The highest BCUT2D eigenvalue weighted by atomic mass is 16.8. The number of benzene rings is 2. The van der Waals surface area contributed by atoms with Crippen LogP contribution >= 0.6 is 0 Å². The minimum atomic E-state index is -1.88. The lowest BCUT2D eigenvalue weighted by molar-refractivity contribution is -0.327. The maximum absolute atomic E-state index is 13.6. The van der Waals surface area contributed by atoms with E-state index in [2.05, 4.69) is 0 Å². The number of phenols is 4. The van der Waals surface area contributed by atoms with Crippen molar-refractivity contribution >= 4 is 24.0 Å². The summed E-state index contributed by atoms with van der Waals surface area (Å²) >= 11 is 0. The van der Waals surface area contributed by atoms with E-state index >= 15 is 0 Å². The van der Waals surface area contributed by atoms with Crippen LogP contribution in [0.1, 0.15) is 24.5 Å². The molecule has 0 amide bonds. The first-order valence-corrected chi connectivity index (χ1v) is 18.8. The van der Waals surface area contributed by atoms with Crippen molar-refractivity contribution in [1.82, 2.24) is 0 Å². The van der Waals surface area contributed by atoms with Crippen LogP contribution in [-0.2, 0) is 58.7 Å². The highest BCUT2D eigenvalue weighted by Crippen LogP contribution is 2.37. The fraction of sp³-hybridized carbons (Fsp3) is 0.475. The molecular formula is C40H48O21. The third-order valence-electron chi connectivity index (χ3n) is 10.0. The van der Waals surface area contributed by atoms with Gasteiger partial charge in [0.05, 0.1) is 38.6 Å². The van der Waals surface area contributed by atoms with Crippen LogP contribution in [0.3, 0.4) is 0 Å². The SMILES string of the molecule is C/C=C1/[C@H](O[C@@H]2O[C@H](CO)[C@@H](O)[C@H](O)[C@H]2O)OC=C(C(=O)OC)[C@H]1CC(=O)OC[C@H]1O[C@@H](OCCc2ccc(O)c(O)c2)[C@H](O)[C@@H](O)[C@@H]1OC(=O)/C=C/c1ccc(O)c(O)c1. The van der Waals surface area contributed by atoms with Gasteiger partial charge >= 0.3 is 17.9 Å². The van der Waals surface area contributed by atoms with Crippen molar-refractivity contribution in [2.24, 2.45) is 5.92 Å². The topological polar surface area (TPSA) is 327 Å². The fourth-order valence-electron chi connectivity index (χ4n) is 6.65. The molecule has 0 unspecified atom stereocenters. The number of rotatable bonds is 15. The maximum atomic E-state index is 13.6. The summed E-state index contributed by atoms with van der Waals surface area (Å²) in [6.45, 7) is -0.0961. The summed E-state index contributed by atoms with van der Waals surface area (Å²) in [5, 5.41) is 101. The molecule has 0 aliphatic carbocycles. The van der Waals surface area contributed by atoms with Gasteiger partial charge in [-0.2, -0.15) is 0 Å². The highest BCUT2D eigenvalue weighted by molar-refractivity contribution is 5.91. The van der Waals surface area contributed by atoms with Gasteiger partial charge in [-0.3, -0.25) is 4.79 Å². The molecular weight excluding hydrogens is 816 g/mol. The van der Waals surface area contributed by atoms with E-state index in [1.807, 2.05) is 0 Å². The minimum absolute atomic E-state index is 0.125. The van der Waals surface area contributed by atoms with Crippen LogP contribution in [0.15, 0.2) is 66.0 Å². The molecule has 2 fully saturated rings. The van der Waals surface area contributed by atoms with Crippen molar-refractivity contribution in [3.63, 3.8) is 0 Å². The van der Waals surface area contributed by atoms with Crippen molar-refractivity contribution in [1.29, 1.82) is 0 Å². The first-order chi connectivity index (χ1) is 29.1. The molecule has 0 radical (unpaired) electrons. The number of methoxy groups -OCH3 is 1. The lowest BCUT2D eigenvalue weighted by atomic mass is 9.86. The predicted molar refractivity (Wildman–Crippen MR) is 201 cm³/mol. The fourth-order valence-corrected chi connectivity index (χ4v) is 6.65. The summed E-state index contributed by atoms with van der Waals surface area (Å²) < 4.78 is 44.2. The molecule has 5 rings (SSSR count). The van der Waals surface area contributed by atoms with Gasteiger partial charge < -0.3 is 89.0 Å². The Labute approximate surface area is 347 Å². The number of aromatic hydroxyl groups is 4. The first kappa shape index (κ1) is 46.7. The van der Waals surface area contributed by atoms with Crippen LogP contribution in [0.2, 0.25) is 0 Å². The van der Waals surface area contributed by atoms with E-state index in [0.717, 1.165) is 25.5 Å². The molecule has 3 aliphatic heterocycles. The van der Waals surface area contributed by atoms with Crippen LogP contribution in [0.4, 0.5) is 0 Å². The molecule has 2 aromatic rings. The Balaban J connectivity index is 1.31. The zero-order valence-corrected chi connectivity index (χ0v) is 32.7. The molecule has 21 heteroatoms. The Morgan fingerprint density at radius 2 is 1.48 bits per heavy atom. The third kappa shape index (κ3) is 11.3. The number of phenolic OH excluding ortho intramolecular Hbond substituents is 4. The van der Waals surface area contributed by atoms with Crippen molar-refractivity contribution in [3.8, 4) is 23.0 Å². The maximum Gasteiger partial charge on any atom is 0.337 e. The van der Waals surface area contributed by atoms with E-state index in [1.54, 1.807) is 0 Å². The first-order valence-electron chi connectivity index (χ1n) is 18.8. The Hall–Kier alpha value is -5.33. The molecule has 2 saturated heterocycles. The molecule has 0 bridgehead atoms. The number of aliphatic hydroxyl groups excluding tert-OH is 6. The number of carbonyl (C=O) groups excluding carboxylic acids is 3. The van der Waals surface area contributed by atoms with Crippen LogP contribution in [0.25, 0.3) is 6.08 Å². The lowest BCUT2D eigenvalue weighted by Gasteiger charge is -2.42. The molecule has 12 atom stereocenters. The molecule has 61 heavy (non-hydrogen) atoms. The molecule has 0 spiro atoms. The number of aliphatic hydroxyl groups is 6. The van der Waals surface area contributed by atoms with Crippen molar-refractivity contribution in [3.05, 3.63) is 77.1 Å². The molecule has 3 heterocycles. The highest BCUT2D eigenvalue weighted by Gasteiger charge is 2.49. The second-order valence-electron chi connectivity index (χ2n) is 14.0. The van der Waals surface area contributed by atoms with Gasteiger partial charge in [-0.15, -0.1) is 0 Å². The predicted octanol–water partition coefficient (Wildman–Crippen LogP) is -1.13. The smallest absolute Gasteiger partial charge is 0.337 e. The Morgan fingerprint density at radius 3 is 2.13 bits per heavy atom. The van der Waals surface area contributed by atoms with Crippen molar-refractivity contribution < 1.29 is 103 Å². The monoisotopic (exact) mass is 864 g/mol. The standard InChI is InChI=1S/C40H48O21/c1-3-20-21(22(37(53)54-2)16-57-38(20)61-40-34(51)32(49)31(48)27(15-41)58-40)14-30(47)56-17-28-36(60-29(46)9-6-18-4-7-23(42)25(44)12-18)33(50)35(52)39(59-28)55-11-10-19-5-8-24(43)26(45)13-19/h3-9,12-13,16,21,27-28,31-36,38-45,48-52H,10-11,14-15,17H2,1-2H3/b9-6+,20-3+/t21-,27+,28+,31+,32-,33+,34+,35+,36+,38-,39+,40-/m0/s1. The Bertz CT molecular complexity index is 1940. The zero-order valence-electron chi connectivity index (χ0n) is 32.7. The van der Waals surface area contributed by atoms with Gasteiger partial charge in [0, 0.05) is 17.6 Å². The number of esters is 3. The van der Waals surface area contributed by atoms with E-state index in [9.17, 15) is 65.4 Å². The number of allylic oxidation sites excluding steroid dienone is 1. The van der Waals surface area contributed by atoms with E-state index in [0.29, 0.717) is 5.56 Å². The largest absolute Gasteiger partial charge is 0.504 e. The Morgan fingerprint density at radius 1 is 0.803 bits per heavy atom. The normalized spacial score (nSPS) is 31.0. The van der Waals surface area contributed by atoms with E-state index < -0.39 is 123 Å². The molecule has 2 aromatic carbocycles. The summed E-state index contributed by atoms with van der Waals surface area (Å²) in [6, 6.07) is 7.79. The van der Waals surface area contributed by atoms with Gasteiger partial charge in [0.15, 0.2) is 41.7 Å². The van der Waals surface area contributed by atoms with Gasteiger partial charge in [0.1, 0.15) is 49.3 Å². The van der Waals surface area contributed by atoms with Crippen molar-refractivity contribution in [2.75, 3.05) is 26.9 Å². The average molecular weight is 865 g/mol. The minimum Gasteiger partial charge on any atom is -0.504 e. The average Bonchev–Trinajstić information content (AvgIpc) is 3.24. The summed E-state index contributed by atoms with van der Waals surface area (Å²) in [4.78, 5) is 39.4. The number of hydrogen-bond donors (Lipinski definition) is 10.